The van der Waals surface area contributed by atoms with Gasteiger partial charge < -0.3 is 9.64 Å². The Morgan fingerprint density at radius 2 is 1.92 bits per heavy atom. The number of halogens is 4. The Morgan fingerprint density at radius 3 is 2.58 bits per heavy atom. The molecule has 1 fully saturated rings. The number of fused-ring (bicyclic) bond motifs is 1. The molecule has 1 aromatic carbocycles. The van der Waals surface area contributed by atoms with Gasteiger partial charge in [0.15, 0.2) is 0 Å². The van der Waals surface area contributed by atoms with Gasteiger partial charge in [-0.3, -0.25) is 14.0 Å². The first kappa shape index (κ1) is 23.9. The highest BCUT2D eigenvalue weighted by molar-refractivity contribution is 5.93. The zero-order valence-corrected chi connectivity index (χ0v) is 19.7. The molecule has 188 valence electrons. The second-order valence-electron chi connectivity index (χ2n) is 8.69. The number of alkyl halides is 3. The van der Waals surface area contributed by atoms with Crippen molar-refractivity contribution in [2.45, 2.75) is 19.2 Å². The van der Waals surface area contributed by atoms with Crippen molar-refractivity contribution in [2.24, 2.45) is 14.1 Å². The van der Waals surface area contributed by atoms with Crippen LogP contribution in [0.2, 0.25) is 0 Å². The van der Waals surface area contributed by atoms with Crippen LogP contribution in [0.3, 0.4) is 0 Å². The standard InChI is InChI=1S/C24H22F4N6O2/c1-13-30-18-9-20(34-6-7-36-19(12-34)14-10-29-32(2)11-14)31-22(21(18)23(35)33(13)3)16-5-4-15(8-17(16)25)24(26,27)28/h4-5,8-11,19H,6-7,12H2,1-3H3/t19-/m0/s1. The van der Waals surface area contributed by atoms with Crippen LogP contribution in [0, 0.1) is 12.7 Å². The van der Waals surface area contributed by atoms with Crippen molar-refractivity contribution in [3.05, 3.63) is 69.8 Å². The molecule has 0 amide bonds. The van der Waals surface area contributed by atoms with Crippen LogP contribution in [0.25, 0.3) is 22.2 Å². The van der Waals surface area contributed by atoms with Crippen LogP contribution in [0.15, 0.2) is 41.5 Å². The summed E-state index contributed by atoms with van der Waals surface area (Å²) >= 11 is 0. The van der Waals surface area contributed by atoms with Crippen LogP contribution in [0.1, 0.15) is 23.1 Å². The smallest absolute Gasteiger partial charge is 0.370 e. The lowest BCUT2D eigenvalue weighted by molar-refractivity contribution is -0.137. The summed E-state index contributed by atoms with van der Waals surface area (Å²) in [7, 11) is 3.32. The summed E-state index contributed by atoms with van der Waals surface area (Å²) in [6.07, 6.45) is -1.45. The number of anilines is 1. The number of benzene rings is 1. The molecule has 0 spiro atoms. The fraction of sp³-hybridized carbons (Fsp3) is 0.333. The van der Waals surface area contributed by atoms with Gasteiger partial charge in [-0.25, -0.2) is 14.4 Å². The maximum absolute atomic E-state index is 15.1. The topological polar surface area (TPSA) is 78.1 Å². The molecule has 0 unspecified atom stereocenters. The first-order chi connectivity index (χ1) is 17.0. The number of hydrogen-bond donors (Lipinski definition) is 0. The molecule has 1 aliphatic heterocycles. The van der Waals surface area contributed by atoms with E-state index in [1.807, 2.05) is 11.1 Å². The number of nitrogens with zero attached hydrogens (tertiary/aromatic N) is 6. The van der Waals surface area contributed by atoms with E-state index in [0.717, 1.165) is 17.7 Å². The van der Waals surface area contributed by atoms with E-state index < -0.39 is 23.1 Å². The van der Waals surface area contributed by atoms with E-state index in [2.05, 4.69) is 15.1 Å². The summed E-state index contributed by atoms with van der Waals surface area (Å²) in [4.78, 5) is 24.1. The lowest BCUT2D eigenvalue weighted by Gasteiger charge is -2.33. The van der Waals surface area contributed by atoms with E-state index in [0.29, 0.717) is 37.4 Å². The third-order valence-electron chi connectivity index (χ3n) is 6.31. The van der Waals surface area contributed by atoms with Gasteiger partial charge >= 0.3 is 6.18 Å². The monoisotopic (exact) mass is 502 g/mol. The van der Waals surface area contributed by atoms with Crippen molar-refractivity contribution < 1.29 is 22.3 Å². The number of hydrogen-bond acceptors (Lipinski definition) is 6. The van der Waals surface area contributed by atoms with Gasteiger partial charge in [0.05, 0.1) is 35.0 Å². The molecular weight excluding hydrogens is 480 g/mol. The second kappa shape index (κ2) is 8.70. The molecule has 0 bridgehead atoms. The highest BCUT2D eigenvalue weighted by Gasteiger charge is 2.32. The molecule has 12 heteroatoms. The SMILES string of the molecule is Cc1nc2cc(N3CCO[C@H](c4cnn(C)c4)C3)nc(-c3ccc(C(F)(F)F)cc3F)c2c(=O)n1C. The minimum absolute atomic E-state index is 0.0302. The lowest BCUT2D eigenvalue weighted by atomic mass is 10.0. The minimum Gasteiger partial charge on any atom is -0.370 e. The summed E-state index contributed by atoms with van der Waals surface area (Å²) in [5, 5.41) is 4.21. The zero-order chi connectivity index (χ0) is 25.8. The Hall–Kier alpha value is -3.80. The van der Waals surface area contributed by atoms with Gasteiger partial charge in [0.25, 0.3) is 5.56 Å². The van der Waals surface area contributed by atoms with Crippen LogP contribution in [-0.2, 0) is 25.0 Å². The summed E-state index contributed by atoms with van der Waals surface area (Å²) in [6.45, 7) is 2.91. The van der Waals surface area contributed by atoms with Crippen LogP contribution in [0.4, 0.5) is 23.4 Å². The van der Waals surface area contributed by atoms with E-state index >= 15 is 4.39 Å². The average molecular weight is 502 g/mol. The maximum atomic E-state index is 15.1. The van der Waals surface area contributed by atoms with Gasteiger partial charge in [0.1, 0.15) is 23.6 Å². The van der Waals surface area contributed by atoms with Gasteiger partial charge in [-0.05, 0) is 25.1 Å². The van der Waals surface area contributed by atoms with Gasteiger partial charge in [0, 0.05) is 50.6 Å². The predicted molar refractivity (Wildman–Crippen MR) is 124 cm³/mol. The van der Waals surface area contributed by atoms with Gasteiger partial charge in [-0.2, -0.15) is 18.3 Å². The highest BCUT2D eigenvalue weighted by atomic mass is 19.4. The van der Waals surface area contributed by atoms with Crippen molar-refractivity contribution in [2.75, 3.05) is 24.6 Å². The Bertz CT molecular complexity index is 1530. The summed E-state index contributed by atoms with van der Waals surface area (Å²) < 4.78 is 63.3. The fourth-order valence-electron chi connectivity index (χ4n) is 4.29. The number of aryl methyl sites for hydroxylation is 2. The summed E-state index contributed by atoms with van der Waals surface area (Å²) in [5.74, 6) is -0.290. The van der Waals surface area contributed by atoms with Crippen LogP contribution in [0.5, 0.6) is 0 Å². The zero-order valence-electron chi connectivity index (χ0n) is 19.7. The van der Waals surface area contributed by atoms with Crippen molar-refractivity contribution in [1.29, 1.82) is 0 Å². The third kappa shape index (κ3) is 4.21. The first-order valence-electron chi connectivity index (χ1n) is 11.1. The van der Waals surface area contributed by atoms with Crippen LogP contribution < -0.4 is 10.5 Å². The largest absolute Gasteiger partial charge is 0.416 e. The first-order valence-corrected chi connectivity index (χ1v) is 11.1. The van der Waals surface area contributed by atoms with E-state index in [4.69, 9.17) is 4.74 Å². The molecule has 0 saturated carbocycles. The second-order valence-corrected chi connectivity index (χ2v) is 8.69. The van der Waals surface area contributed by atoms with Crippen molar-refractivity contribution in [3.63, 3.8) is 0 Å². The van der Waals surface area contributed by atoms with Crippen molar-refractivity contribution in [3.8, 4) is 11.3 Å². The molecule has 0 radical (unpaired) electrons. The summed E-state index contributed by atoms with van der Waals surface area (Å²) in [5.41, 5.74) is -0.722. The van der Waals surface area contributed by atoms with Gasteiger partial charge in [0.2, 0.25) is 0 Å². The quantitative estimate of drug-likeness (QED) is 0.397. The van der Waals surface area contributed by atoms with Crippen molar-refractivity contribution >= 4 is 16.7 Å². The van der Waals surface area contributed by atoms with Gasteiger partial charge in [-0.15, -0.1) is 0 Å². The molecule has 8 nitrogen and oxygen atoms in total. The average Bonchev–Trinajstić information content (AvgIpc) is 3.27. The fourth-order valence-corrected chi connectivity index (χ4v) is 4.29. The Kier molecular flexibility index (Phi) is 5.78. The maximum Gasteiger partial charge on any atom is 0.416 e. The number of rotatable bonds is 3. The molecule has 0 aliphatic carbocycles. The van der Waals surface area contributed by atoms with Crippen LogP contribution >= 0.6 is 0 Å². The highest BCUT2D eigenvalue weighted by Crippen LogP contribution is 2.35. The molecular formula is C24H22F4N6O2. The molecule has 36 heavy (non-hydrogen) atoms. The molecule has 4 heterocycles. The molecule has 0 N–H and O–H groups in total. The Balaban J connectivity index is 1.67. The third-order valence-corrected chi connectivity index (χ3v) is 6.31. The van der Waals surface area contributed by atoms with E-state index in [-0.39, 0.29) is 28.3 Å². The van der Waals surface area contributed by atoms with E-state index in [1.54, 1.807) is 30.9 Å². The molecule has 1 saturated heterocycles. The minimum atomic E-state index is -4.71. The molecule has 3 aromatic heterocycles. The lowest BCUT2D eigenvalue weighted by Crippen LogP contribution is -2.39. The van der Waals surface area contributed by atoms with E-state index in [1.165, 1.54) is 11.6 Å². The number of morpholine rings is 1. The molecule has 1 aliphatic rings. The number of pyridine rings is 1. The molecule has 5 rings (SSSR count). The number of ether oxygens (including phenoxy) is 1. The molecule has 1 atom stereocenters. The normalized spacial score (nSPS) is 16.6. The Morgan fingerprint density at radius 1 is 1.14 bits per heavy atom. The van der Waals surface area contributed by atoms with E-state index in [9.17, 15) is 18.0 Å². The summed E-state index contributed by atoms with van der Waals surface area (Å²) in [6, 6.07) is 3.83. The van der Waals surface area contributed by atoms with Gasteiger partial charge in [-0.1, -0.05) is 0 Å². The number of aromatic nitrogens is 5. The van der Waals surface area contributed by atoms with Crippen LogP contribution in [-0.4, -0.2) is 44.0 Å². The predicted octanol–water partition coefficient (Wildman–Crippen LogP) is 3.77. The Labute approximate surface area is 202 Å². The van der Waals surface area contributed by atoms with Crippen molar-refractivity contribution in [1.82, 2.24) is 24.3 Å². The molecule has 4 aromatic rings.